The number of nitrogens with one attached hydrogen (secondary N) is 1. The zero-order valence-corrected chi connectivity index (χ0v) is 20.3. The van der Waals surface area contributed by atoms with Crippen LogP contribution in [0.3, 0.4) is 0 Å². The summed E-state index contributed by atoms with van der Waals surface area (Å²) in [7, 11) is -3.74. The third-order valence-electron chi connectivity index (χ3n) is 5.82. The minimum Gasteiger partial charge on any atom is -0.462 e. The van der Waals surface area contributed by atoms with Crippen molar-refractivity contribution >= 4 is 33.4 Å². The second-order valence-electron chi connectivity index (χ2n) is 8.32. The van der Waals surface area contributed by atoms with Crippen LogP contribution in [0.15, 0.2) is 53.4 Å². The van der Waals surface area contributed by atoms with Crippen molar-refractivity contribution in [2.45, 2.75) is 44.4 Å². The van der Waals surface area contributed by atoms with Gasteiger partial charge in [0.25, 0.3) is 0 Å². The molecule has 2 aromatic rings. The first-order valence-corrected chi connectivity index (χ1v) is 12.9. The Bertz CT molecular complexity index is 1140. The van der Waals surface area contributed by atoms with Crippen LogP contribution in [0, 0.1) is 5.92 Å². The molecule has 1 fully saturated rings. The monoisotopic (exact) mass is 486 g/mol. The van der Waals surface area contributed by atoms with Crippen molar-refractivity contribution < 1.29 is 27.5 Å². The maximum absolute atomic E-state index is 13.0. The van der Waals surface area contributed by atoms with E-state index in [4.69, 9.17) is 4.74 Å². The van der Waals surface area contributed by atoms with Gasteiger partial charge in [0.05, 0.1) is 17.1 Å². The number of piperidine rings is 1. The van der Waals surface area contributed by atoms with Crippen LogP contribution in [0.2, 0.25) is 0 Å². The predicted octanol–water partition coefficient (Wildman–Crippen LogP) is 3.89. The smallest absolute Gasteiger partial charge is 0.338 e. The van der Waals surface area contributed by atoms with Gasteiger partial charge in [0.2, 0.25) is 15.9 Å². The minimum atomic E-state index is -3.74. The third kappa shape index (κ3) is 6.30. The SMILES string of the molecule is CCCCOC(=O)c1ccc(NC(=O)C2CCN(S(=O)(=O)c3cccc(C(C)=O)c3)CC2)cc1. The number of hydrogen-bond acceptors (Lipinski definition) is 6. The lowest BCUT2D eigenvalue weighted by Gasteiger charge is -2.30. The molecule has 1 saturated heterocycles. The molecule has 9 heteroatoms. The van der Waals surface area contributed by atoms with Gasteiger partial charge in [-0.3, -0.25) is 9.59 Å². The van der Waals surface area contributed by atoms with Crippen molar-refractivity contribution in [1.29, 1.82) is 0 Å². The van der Waals surface area contributed by atoms with Crippen molar-refractivity contribution in [1.82, 2.24) is 4.31 Å². The maximum atomic E-state index is 13.0. The number of anilines is 1. The highest BCUT2D eigenvalue weighted by Crippen LogP contribution is 2.25. The summed E-state index contributed by atoms with van der Waals surface area (Å²) in [5.74, 6) is -1.11. The number of unbranched alkanes of at least 4 members (excludes halogenated alkanes) is 1. The second kappa shape index (κ2) is 11.4. The van der Waals surface area contributed by atoms with Gasteiger partial charge in [0, 0.05) is 30.3 Å². The number of carbonyl (C=O) groups is 3. The second-order valence-corrected chi connectivity index (χ2v) is 10.3. The van der Waals surface area contributed by atoms with Gasteiger partial charge in [0.1, 0.15) is 0 Å². The van der Waals surface area contributed by atoms with Crippen LogP contribution in [0.1, 0.15) is 60.2 Å². The van der Waals surface area contributed by atoms with E-state index in [1.54, 1.807) is 36.4 Å². The summed E-state index contributed by atoms with van der Waals surface area (Å²) in [6, 6.07) is 12.5. The highest BCUT2D eigenvalue weighted by Gasteiger charge is 2.32. The molecule has 0 aromatic heterocycles. The largest absolute Gasteiger partial charge is 0.462 e. The molecular weight excluding hydrogens is 456 g/mol. The molecule has 1 heterocycles. The molecule has 1 N–H and O–H groups in total. The Morgan fingerprint density at radius 2 is 1.71 bits per heavy atom. The van der Waals surface area contributed by atoms with Crippen molar-refractivity contribution in [3.8, 4) is 0 Å². The average molecular weight is 487 g/mol. The number of rotatable bonds is 9. The van der Waals surface area contributed by atoms with Crippen LogP contribution >= 0.6 is 0 Å². The Morgan fingerprint density at radius 1 is 1.03 bits per heavy atom. The Kier molecular flexibility index (Phi) is 8.57. The minimum absolute atomic E-state index is 0.0800. The molecule has 0 aliphatic carbocycles. The molecule has 0 unspecified atom stereocenters. The summed E-state index contributed by atoms with van der Waals surface area (Å²) in [6.45, 7) is 4.22. The van der Waals surface area contributed by atoms with E-state index in [9.17, 15) is 22.8 Å². The number of benzene rings is 2. The van der Waals surface area contributed by atoms with Crippen molar-refractivity contribution in [2.24, 2.45) is 5.92 Å². The Labute approximate surface area is 200 Å². The third-order valence-corrected chi connectivity index (χ3v) is 7.72. The lowest BCUT2D eigenvalue weighted by atomic mass is 9.97. The molecular formula is C25H30N2O6S. The average Bonchev–Trinajstić information content (AvgIpc) is 2.84. The summed E-state index contributed by atoms with van der Waals surface area (Å²) in [5.41, 5.74) is 1.32. The van der Waals surface area contributed by atoms with Crippen LogP contribution in [0.25, 0.3) is 0 Å². The van der Waals surface area contributed by atoms with Crippen molar-refractivity contribution in [3.63, 3.8) is 0 Å². The highest BCUT2D eigenvalue weighted by molar-refractivity contribution is 7.89. The number of amides is 1. The lowest BCUT2D eigenvalue weighted by Crippen LogP contribution is -2.41. The van der Waals surface area contributed by atoms with E-state index < -0.39 is 16.0 Å². The fourth-order valence-corrected chi connectivity index (χ4v) is 5.23. The van der Waals surface area contributed by atoms with Crippen LogP contribution in [-0.2, 0) is 19.6 Å². The quantitative estimate of drug-likeness (QED) is 0.327. The summed E-state index contributed by atoms with van der Waals surface area (Å²) in [5, 5.41) is 2.84. The summed E-state index contributed by atoms with van der Waals surface area (Å²) >= 11 is 0. The molecule has 8 nitrogen and oxygen atoms in total. The first-order chi connectivity index (χ1) is 16.2. The Morgan fingerprint density at radius 3 is 2.32 bits per heavy atom. The molecule has 0 saturated carbocycles. The van der Waals surface area contributed by atoms with Gasteiger partial charge in [-0.2, -0.15) is 4.31 Å². The van der Waals surface area contributed by atoms with Gasteiger partial charge in [0.15, 0.2) is 5.78 Å². The molecule has 2 aromatic carbocycles. The molecule has 0 atom stereocenters. The van der Waals surface area contributed by atoms with Gasteiger partial charge < -0.3 is 10.1 Å². The van der Waals surface area contributed by atoms with E-state index in [0.29, 0.717) is 36.3 Å². The highest BCUT2D eigenvalue weighted by atomic mass is 32.2. The number of nitrogens with zero attached hydrogens (tertiary/aromatic N) is 1. The fraction of sp³-hybridized carbons (Fsp3) is 0.400. The Hall–Kier alpha value is -3.04. The lowest BCUT2D eigenvalue weighted by molar-refractivity contribution is -0.120. The first kappa shape index (κ1) is 25.6. The number of carbonyl (C=O) groups excluding carboxylic acids is 3. The number of sulfonamides is 1. The molecule has 1 aliphatic heterocycles. The Balaban J connectivity index is 1.55. The summed E-state index contributed by atoms with van der Waals surface area (Å²) in [6.07, 6.45) is 2.53. The van der Waals surface area contributed by atoms with Gasteiger partial charge in [-0.05, 0) is 62.6 Å². The predicted molar refractivity (Wildman–Crippen MR) is 128 cm³/mol. The normalized spacial score (nSPS) is 15.0. The molecule has 0 bridgehead atoms. The molecule has 34 heavy (non-hydrogen) atoms. The van der Waals surface area contributed by atoms with Crippen molar-refractivity contribution in [3.05, 3.63) is 59.7 Å². The zero-order valence-electron chi connectivity index (χ0n) is 19.5. The number of hydrogen-bond donors (Lipinski definition) is 1. The van der Waals surface area contributed by atoms with E-state index in [1.165, 1.54) is 23.4 Å². The maximum Gasteiger partial charge on any atom is 0.338 e. The van der Waals surface area contributed by atoms with E-state index >= 15 is 0 Å². The number of ether oxygens (including phenoxy) is 1. The topological polar surface area (TPSA) is 110 Å². The van der Waals surface area contributed by atoms with Crippen LogP contribution < -0.4 is 5.32 Å². The number of Topliss-reactive ketones (excluding diaryl/α,β-unsaturated/α-hetero) is 1. The van der Waals surface area contributed by atoms with E-state index in [-0.39, 0.29) is 35.6 Å². The van der Waals surface area contributed by atoms with Crippen LogP contribution in [0.5, 0.6) is 0 Å². The van der Waals surface area contributed by atoms with Gasteiger partial charge in [-0.1, -0.05) is 25.5 Å². The van der Waals surface area contributed by atoms with E-state index in [1.807, 2.05) is 6.92 Å². The van der Waals surface area contributed by atoms with Gasteiger partial charge >= 0.3 is 5.97 Å². The molecule has 1 amide bonds. The van der Waals surface area contributed by atoms with E-state index in [0.717, 1.165) is 12.8 Å². The molecule has 0 spiro atoms. The molecule has 0 radical (unpaired) electrons. The number of ketones is 1. The summed E-state index contributed by atoms with van der Waals surface area (Å²) in [4.78, 5) is 36.4. The standard InChI is InChI=1S/C25H30N2O6S/c1-3-4-16-33-25(30)20-8-10-22(11-9-20)26-24(29)19-12-14-27(15-13-19)34(31,32)23-7-5-6-21(17-23)18(2)28/h5-11,17,19H,3-4,12-16H2,1-2H3,(H,26,29). The molecule has 3 rings (SSSR count). The molecule has 182 valence electrons. The summed E-state index contributed by atoms with van der Waals surface area (Å²) < 4.78 is 32.5. The van der Waals surface area contributed by atoms with Crippen molar-refractivity contribution in [2.75, 3.05) is 25.0 Å². The van der Waals surface area contributed by atoms with Crippen LogP contribution in [0.4, 0.5) is 5.69 Å². The molecule has 1 aliphatic rings. The first-order valence-electron chi connectivity index (χ1n) is 11.4. The van der Waals surface area contributed by atoms with Crippen LogP contribution in [-0.4, -0.2) is 50.1 Å². The fourth-order valence-electron chi connectivity index (χ4n) is 3.71. The van der Waals surface area contributed by atoms with Gasteiger partial charge in [-0.15, -0.1) is 0 Å². The zero-order chi connectivity index (χ0) is 24.7. The van der Waals surface area contributed by atoms with E-state index in [2.05, 4.69) is 5.32 Å². The van der Waals surface area contributed by atoms with Gasteiger partial charge in [-0.25, -0.2) is 13.2 Å². The number of esters is 1.